The van der Waals surface area contributed by atoms with Gasteiger partial charge in [0.2, 0.25) is 0 Å². The van der Waals surface area contributed by atoms with Gasteiger partial charge >= 0.3 is 0 Å². The molecule has 0 atom stereocenters. The molecule has 2 rings (SSSR count). The van der Waals surface area contributed by atoms with Gasteiger partial charge in [-0.05, 0) is 12.1 Å². The van der Waals surface area contributed by atoms with Gasteiger partial charge in [0.1, 0.15) is 18.3 Å². The number of rotatable bonds is 2. The standard InChI is InChI=1S/C8H7N5O/c9-8(14)6-2-1-3-7(12-6)13-5-10-4-11-13/h1-5H,(H2,9,14). The van der Waals surface area contributed by atoms with Crippen LogP contribution in [0, 0.1) is 0 Å². The van der Waals surface area contributed by atoms with E-state index in [1.165, 1.54) is 17.3 Å². The van der Waals surface area contributed by atoms with E-state index in [0.29, 0.717) is 5.82 Å². The smallest absolute Gasteiger partial charge is 0.267 e. The van der Waals surface area contributed by atoms with Gasteiger partial charge in [0, 0.05) is 0 Å². The molecule has 70 valence electrons. The Kier molecular flexibility index (Phi) is 1.94. The zero-order valence-corrected chi connectivity index (χ0v) is 7.16. The minimum absolute atomic E-state index is 0.206. The molecule has 2 N–H and O–H groups in total. The largest absolute Gasteiger partial charge is 0.364 e. The lowest BCUT2D eigenvalue weighted by Gasteiger charge is -2.00. The lowest BCUT2D eigenvalue weighted by molar-refractivity contribution is 0.0995. The first kappa shape index (κ1) is 8.36. The van der Waals surface area contributed by atoms with Crippen LogP contribution in [0.3, 0.4) is 0 Å². The molecule has 0 saturated heterocycles. The van der Waals surface area contributed by atoms with Crippen LogP contribution in [0.4, 0.5) is 0 Å². The van der Waals surface area contributed by atoms with E-state index in [1.807, 2.05) is 0 Å². The van der Waals surface area contributed by atoms with Crippen molar-refractivity contribution in [2.24, 2.45) is 5.73 Å². The number of nitrogens with zero attached hydrogens (tertiary/aromatic N) is 4. The Morgan fingerprint density at radius 3 is 2.93 bits per heavy atom. The molecule has 2 heterocycles. The molecule has 6 heteroatoms. The second-order valence-electron chi connectivity index (χ2n) is 2.59. The van der Waals surface area contributed by atoms with Crippen molar-refractivity contribution < 1.29 is 4.79 Å². The molecule has 0 aliphatic carbocycles. The van der Waals surface area contributed by atoms with Crippen LogP contribution in [0.5, 0.6) is 0 Å². The van der Waals surface area contributed by atoms with Gasteiger partial charge in [0.05, 0.1) is 0 Å². The summed E-state index contributed by atoms with van der Waals surface area (Å²) in [5.41, 5.74) is 5.30. The molecule has 14 heavy (non-hydrogen) atoms. The molecule has 0 aliphatic rings. The predicted molar refractivity (Wildman–Crippen MR) is 47.7 cm³/mol. The molecule has 0 radical (unpaired) electrons. The van der Waals surface area contributed by atoms with E-state index < -0.39 is 5.91 Å². The lowest BCUT2D eigenvalue weighted by Crippen LogP contribution is -2.14. The summed E-state index contributed by atoms with van der Waals surface area (Å²) in [7, 11) is 0. The molecule has 1 amide bonds. The molecule has 2 aromatic rings. The number of pyridine rings is 1. The van der Waals surface area contributed by atoms with Crippen LogP contribution in [-0.2, 0) is 0 Å². The van der Waals surface area contributed by atoms with Gasteiger partial charge < -0.3 is 5.73 Å². The number of carbonyl (C=O) groups is 1. The third kappa shape index (κ3) is 1.45. The van der Waals surface area contributed by atoms with Gasteiger partial charge in [0.15, 0.2) is 5.82 Å². The van der Waals surface area contributed by atoms with Gasteiger partial charge in [-0.15, -0.1) is 0 Å². The van der Waals surface area contributed by atoms with Crippen molar-refractivity contribution in [2.75, 3.05) is 0 Å². The summed E-state index contributed by atoms with van der Waals surface area (Å²) in [5.74, 6) is -0.0502. The van der Waals surface area contributed by atoms with Crippen LogP contribution in [0.15, 0.2) is 30.9 Å². The van der Waals surface area contributed by atoms with E-state index in [0.717, 1.165) is 0 Å². The van der Waals surface area contributed by atoms with E-state index in [-0.39, 0.29) is 5.69 Å². The maximum absolute atomic E-state index is 10.8. The minimum Gasteiger partial charge on any atom is -0.364 e. The molecule has 0 aromatic carbocycles. The molecule has 2 aromatic heterocycles. The predicted octanol–water partition coefficient (Wildman–Crippen LogP) is -0.239. The molecular formula is C8H7N5O. The zero-order valence-electron chi connectivity index (χ0n) is 7.16. The van der Waals surface area contributed by atoms with Gasteiger partial charge in [-0.1, -0.05) is 6.07 Å². The van der Waals surface area contributed by atoms with Crippen molar-refractivity contribution >= 4 is 5.91 Å². The summed E-state index contributed by atoms with van der Waals surface area (Å²) in [6.45, 7) is 0. The summed E-state index contributed by atoms with van der Waals surface area (Å²) in [6, 6.07) is 4.94. The fourth-order valence-corrected chi connectivity index (χ4v) is 1.01. The topological polar surface area (TPSA) is 86.7 Å². The van der Waals surface area contributed by atoms with Crippen LogP contribution in [-0.4, -0.2) is 25.7 Å². The van der Waals surface area contributed by atoms with Crippen LogP contribution in [0.2, 0.25) is 0 Å². The number of amides is 1. The molecular weight excluding hydrogens is 182 g/mol. The fraction of sp³-hybridized carbons (Fsp3) is 0. The zero-order chi connectivity index (χ0) is 9.97. The average molecular weight is 189 g/mol. The molecule has 0 bridgehead atoms. The number of nitrogens with two attached hydrogens (primary N) is 1. The van der Waals surface area contributed by atoms with Crippen LogP contribution < -0.4 is 5.73 Å². The lowest BCUT2D eigenvalue weighted by atomic mass is 10.3. The second kappa shape index (κ2) is 3.25. The first-order chi connectivity index (χ1) is 6.77. The number of primary amides is 1. The number of carbonyl (C=O) groups excluding carboxylic acids is 1. The van der Waals surface area contributed by atoms with E-state index in [1.54, 1.807) is 18.2 Å². The van der Waals surface area contributed by atoms with Gasteiger partial charge in [-0.3, -0.25) is 4.79 Å². The second-order valence-corrected chi connectivity index (χ2v) is 2.59. The van der Waals surface area contributed by atoms with Crippen LogP contribution in [0.1, 0.15) is 10.5 Å². The van der Waals surface area contributed by atoms with Crippen molar-refractivity contribution in [3.63, 3.8) is 0 Å². The molecule has 0 fully saturated rings. The molecule has 0 saturated carbocycles. The Labute approximate surface area is 79.4 Å². The third-order valence-corrected chi connectivity index (χ3v) is 1.64. The Morgan fingerprint density at radius 2 is 2.29 bits per heavy atom. The summed E-state index contributed by atoms with van der Waals surface area (Å²) in [6.07, 6.45) is 2.88. The Morgan fingerprint density at radius 1 is 1.43 bits per heavy atom. The number of hydrogen-bond acceptors (Lipinski definition) is 4. The highest BCUT2D eigenvalue weighted by Gasteiger charge is 2.04. The van der Waals surface area contributed by atoms with Crippen LogP contribution in [0.25, 0.3) is 5.82 Å². The van der Waals surface area contributed by atoms with Crippen molar-refractivity contribution in [1.29, 1.82) is 0 Å². The van der Waals surface area contributed by atoms with Crippen LogP contribution >= 0.6 is 0 Å². The Hall–Kier alpha value is -2.24. The highest BCUT2D eigenvalue weighted by Crippen LogP contribution is 2.02. The normalized spacial score (nSPS) is 10.0. The molecule has 0 spiro atoms. The molecule has 6 nitrogen and oxygen atoms in total. The van der Waals surface area contributed by atoms with Gasteiger partial charge in [0.25, 0.3) is 5.91 Å². The highest BCUT2D eigenvalue weighted by atomic mass is 16.1. The van der Waals surface area contributed by atoms with Crippen molar-refractivity contribution in [2.45, 2.75) is 0 Å². The SMILES string of the molecule is NC(=O)c1cccc(-n2cncn2)n1. The summed E-state index contributed by atoms with van der Waals surface area (Å²) in [5, 5.41) is 3.88. The average Bonchev–Trinajstić information content (AvgIpc) is 2.71. The third-order valence-electron chi connectivity index (χ3n) is 1.64. The van der Waals surface area contributed by atoms with E-state index in [9.17, 15) is 4.79 Å². The number of hydrogen-bond donors (Lipinski definition) is 1. The summed E-state index contributed by atoms with van der Waals surface area (Å²) < 4.78 is 1.45. The van der Waals surface area contributed by atoms with Crippen molar-refractivity contribution in [3.8, 4) is 5.82 Å². The van der Waals surface area contributed by atoms with Gasteiger partial charge in [-0.2, -0.15) is 5.10 Å². The Bertz CT molecular complexity index is 451. The first-order valence-corrected chi connectivity index (χ1v) is 3.89. The maximum atomic E-state index is 10.8. The monoisotopic (exact) mass is 189 g/mol. The van der Waals surface area contributed by atoms with Gasteiger partial charge in [-0.25, -0.2) is 14.6 Å². The minimum atomic E-state index is -0.563. The van der Waals surface area contributed by atoms with E-state index in [4.69, 9.17) is 5.73 Å². The maximum Gasteiger partial charge on any atom is 0.267 e. The van der Waals surface area contributed by atoms with Crippen molar-refractivity contribution in [1.82, 2.24) is 19.7 Å². The van der Waals surface area contributed by atoms with E-state index in [2.05, 4.69) is 15.1 Å². The highest BCUT2D eigenvalue weighted by molar-refractivity contribution is 5.90. The fourth-order valence-electron chi connectivity index (χ4n) is 1.01. The Balaban J connectivity index is 2.46. The molecule has 0 unspecified atom stereocenters. The van der Waals surface area contributed by atoms with Crippen molar-refractivity contribution in [3.05, 3.63) is 36.5 Å². The molecule has 0 aliphatic heterocycles. The summed E-state index contributed by atoms with van der Waals surface area (Å²) in [4.78, 5) is 18.6. The first-order valence-electron chi connectivity index (χ1n) is 3.89. The number of aromatic nitrogens is 4. The quantitative estimate of drug-likeness (QED) is 0.706. The van der Waals surface area contributed by atoms with E-state index >= 15 is 0 Å². The summed E-state index contributed by atoms with van der Waals surface area (Å²) >= 11 is 0.